The maximum atomic E-state index is 13.2. The minimum atomic E-state index is -0.609. The van der Waals surface area contributed by atoms with Gasteiger partial charge >= 0.3 is 0 Å². The largest absolute Gasteiger partial charge is 0.389 e. The van der Waals surface area contributed by atoms with Crippen molar-refractivity contribution in [1.82, 2.24) is 19.4 Å². The molecule has 6 nitrogen and oxygen atoms in total. The van der Waals surface area contributed by atoms with Gasteiger partial charge in [-0.15, -0.1) is 0 Å². The summed E-state index contributed by atoms with van der Waals surface area (Å²) in [7, 11) is 1.83. The van der Waals surface area contributed by atoms with Crippen LogP contribution in [0.5, 0.6) is 0 Å². The van der Waals surface area contributed by atoms with Crippen LogP contribution in [0.2, 0.25) is 0 Å². The Kier molecular flexibility index (Phi) is 7.08. The number of amides is 1. The van der Waals surface area contributed by atoms with Gasteiger partial charge in [-0.1, -0.05) is 31.4 Å². The number of nitrogens with zero attached hydrogens (tertiary/aromatic N) is 4. The molecule has 4 rings (SSSR count). The van der Waals surface area contributed by atoms with Gasteiger partial charge in [0.2, 0.25) is 0 Å². The van der Waals surface area contributed by atoms with E-state index in [4.69, 9.17) is 0 Å². The summed E-state index contributed by atoms with van der Waals surface area (Å²) in [5, 5.41) is 11.2. The normalized spacial score (nSPS) is 25.2. The first-order valence-electron chi connectivity index (χ1n) is 11.8. The molecule has 1 aromatic heterocycles. The van der Waals surface area contributed by atoms with Crippen LogP contribution in [0.4, 0.5) is 0 Å². The smallest absolute Gasteiger partial charge is 0.253 e. The lowest BCUT2D eigenvalue weighted by molar-refractivity contribution is 0.0225. The quantitative estimate of drug-likeness (QED) is 0.742. The Morgan fingerprint density at radius 1 is 1.10 bits per heavy atom. The van der Waals surface area contributed by atoms with Gasteiger partial charge in [0.15, 0.2) is 0 Å². The van der Waals surface area contributed by atoms with Crippen molar-refractivity contribution in [2.45, 2.75) is 76.6 Å². The summed E-state index contributed by atoms with van der Waals surface area (Å²) in [6.45, 7) is 5.26. The topological polar surface area (TPSA) is 61.6 Å². The highest BCUT2D eigenvalue weighted by Crippen LogP contribution is 2.31. The molecular weight excluding hydrogens is 388 g/mol. The minimum absolute atomic E-state index is 0.0171. The van der Waals surface area contributed by atoms with Crippen molar-refractivity contribution in [2.24, 2.45) is 0 Å². The summed E-state index contributed by atoms with van der Waals surface area (Å²) in [6, 6.07) is 7.80. The zero-order valence-corrected chi connectivity index (χ0v) is 18.9. The van der Waals surface area contributed by atoms with E-state index < -0.39 is 6.10 Å². The number of carbonyl (C=O) groups excluding carboxylic acids is 1. The third-order valence-electron chi connectivity index (χ3n) is 7.13. The van der Waals surface area contributed by atoms with Crippen LogP contribution in [0, 0.1) is 6.92 Å². The number of aliphatic hydroxyl groups is 1. The number of aliphatic hydroxyl groups excluding tert-OH is 1. The van der Waals surface area contributed by atoms with E-state index in [0.717, 1.165) is 38.1 Å². The molecule has 0 unspecified atom stereocenters. The average molecular weight is 425 g/mol. The molecule has 2 aromatic rings. The first-order chi connectivity index (χ1) is 15.0. The molecule has 1 aliphatic carbocycles. The highest BCUT2D eigenvalue weighted by Gasteiger charge is 2.36. The summed E-state index contributed by atoms with van der Waals surface area (Å²) >= 11 is 0. The van der Waals surface area contributed by atoms with Crippen LogP contribution in [0.25, 0.3) is 0 Å². The number of aryl methyl sites for hydroxylation is 1. The lowest BCUT2D eigenvalue weighted by Crippen LogP contribution is -2.47. The summed E-state index contributed by atoms with van der Waals surface area (Å²) in [6.07, 6.45) is 10.8. The first kappa shape index (κ1) is 22.0. The predicted octanol–water partition coefficient (Wildman–Crippen LogP) is 3.79. The van der Waals surface area contributed by atoms with E-state index in [1.807, 2.05) is 32.3 Å². The first-order valence-corrected chi connectivity index (χ1v) is 11.8. The number of carbonyl (C=O) groups is 1. The van der Waals surface area contributed by atoms with Crippen molar-refractivity contribution in [3.63, 3.8) is 0 Å². The standard InChI is InChI=1S/C25H36N4O2/c1-19-26-14-17-29(19)23-9-5-4-8-22(24(23)30)27(2)25(31)21-12-10-20(11-13-21)18-28-15-6-3-7-16-28/h10-14,17,22-24,30H,3-9,15-16,18H2,1-2H3/t22-,23-,24-/m1/s1. The van der Waals surface area contributed by atoms with E-state index in [9.17, 15) is 9.90 Å². The molecule has 2 fully saturated rings. The monoisotopic (exact) mass is 424 g/mol. The number of aromatic nitrogens is 2. The fraction of sp³-hybridized carbons (Fsp3) is 0.600. The molecule has 0 bridgehead atoms. The second kappa shape index (κ2) is 9.96. The summed E-state index contributed by atoms with van der Waals surface area (Å²) in [5.74, 6) is 0.888. The number of hydrogen-bond donors (Lipinski definition) is 1. The highest BCUT2D eigenvalue weighted by molar-refractivity contribution is 5.94. The van der Waals surface area contributed by atoms with Gasteiger partial charge in [-0.25, -0.2) is 4.98 Å². The third-order valence-corrected chi connectivity index (χ3v) is 7.13. The Labute approximate surface area is 185 Å². The number of rotatable bonds is 5. The van der Waals surface area contributed by atoms with Crippen LogP contribution in [0.3, 0.4) is 0 Å². The third kappa shape index (κ3) is 5.01. The number of hydrogen-bond acceptors (Lipinski definition) is 4. The number of benzene rings is 1. The molecule has 0 radical (unpaired) electrons. The molecule has 1 aliphatic heterocycles. The Morgan fingerprint density at radius 3 is 2.48 bits per heavy atom. The molecule has 0 spiro atoms. The van der Waals surface area contributed by atoms with Crippen LogP contribution in [0.15, 0.2) is 36.7 Å². The van der Waals surface area contributed by atoms with E-state index in [1.165, 1.54) is 37.9 Å². The number of likely N-dealkylation sites (N-methyl/N-ethyl adjacent to an activating group) is 1. The fourth-order valence-electron chi connectivity index (χ4n) is 5.25. The van der Waals surface area contributed by atoms with E-state index >= 15 is 0 Å². The van der Waals surface area contributed by atoms with E-state index in [2.05, 4.69) is 26.6 Å². The van der Waals surface area contributed by atoms with Crippen molar-refractivity contribution in [2.75, 3.05) is 20.1 Å². The molecule has 1 saturated heterocycles. The molecular formula is C25H36N4O2. The van der Waals surface area contributed by atoms with Crippen LogP contribution >= 0.6 is 0 Å². The summed E-state index contributed by atoms with van der Waals surface area (Å²) < 4.78 is 2.07. The van der Waals surface area contributed by atoms with Crippen molar-refractivity contribution >= 4 is 5.91 Å². The second-order valence-electron chi connectivity index (χ2n) is 9.24. The Hall–Kier alpha value is -2.18. The highest BCUT2D eigenvalue weighted by atomic mass is 16.3. The second-order valence-corrected chi connectivity index (χ2v) is 9.24. The number of piperidine rings is 1. The van der Waals surface area contributed by atoms with Gasteiger partial charge in [-0.2, -0.15) is 0 Å². The van der Waals surface area contributed by atoms with Crippen molar-refractivity contribution in [3.8, 4) is 0 Å². The average Bonchev–Trinajstić information content (AvgIpc) is 3.12. The lowest BCUT2D eigenvalue weighted by Gasteiger charge is -2.35. The van der Waals surface area contributed by atoms with Gasteiger partial charge in [0.25, 0.3) is 5.91 Å². The molecule has 6 heteroatoms. The van der Waals surface area contributed by atoms with Crippen molar-refractivity contribution in [1.29, 1.82) is 0 Å². The van der Waals surface area contributed by atoms with Gasteiger partial charge in [-0.05, 0) is 63.4 Å². The van der Waals surface area contributed by atoms with Gasteiger partial charge in [0.1, 0.15) is 5.82 Å². The molecule has 1 saturated carbocycles. The fourth-order valence-corrected chi connectivity index (χ4v) is 5.25. The summed E-state index contributed by atoms with van der Waals surface area (Å²) in [5.41, 5.74) is 1.95. The lowest BCUT2D eigenvalue weighted by atomic mass is 9.99. The van der Waals surface area contributed by atoms with Crippen molar-refractivity contribution < 1.29 is 9.90 Å². The van der Waals surface area contributed by atoms with E-state index in [0.29, 0.717) is 5.56 Å². The van der Waals surface area contributed by atoms with Gasteiger partial charge in [0.05, 0.1) is 18.2 Å². The zero-order valence-electron chi connectivity index (χ0n) is 18.9. The maximum absolute atomic E-state index is 13.2. The molecule has 1 aromatic carbocycles. The Morgan fingerprint density at radius 2 is 1.81 bits per heavy atom. The van der Waals surface area contributed by atoms with E-state index in [-0.39, 0.29) is 18.0 Å². The molecule has 2 heterocycles. The van der Waals surface area contributed by atoms with E-state index in [1.54, 1.807) is 11.1 Å². The Bertz CT molecular complexity index is 857. The molecule has 168 valence electrons. The van der Waals surface area contributed by atoms with Crippen LogP contribution < -0.4 is 0 Å². The summed E-state index contributed by atoms with van der Waals surface area (Å²) in [4.78, 5) is 21.8. The molecule has 1 N–H and O–H groups in total. The minimum Gasteiger partial charge on any atom is -0.389 e. The van der Waals surface area contributed by atoms with Gasteiger partial charge in [-0.3, -0.25) is 9.69 Å². The maximum Gasteiger partial charge on any atom is 0.253 e. The molecule has 31 heavy (non-hydrogen) atoms. The van der Waals surface area contributed by atoms with Crippen LogP contribution in [-0.2, 0) is 6.54 Å². The predicted molar refractivity (Wildman–Crippen MR) is 122 cm³/mol. The van der Waals surface area contributed by atoms with Gasteiger partial charge in [0, 0.05) is 31.5 Å². The molecule has 1 amide bonds. The Balaban J connectivity index is 1.44. The van der Waals surface area contributed by atoms with Gasteiger partial charge < -0.3 is 14.6 Å². The molecule has 2 aliphatic rings. The SMILES string of the molecule is Cc1nccn1[C@@H]1CCCC[C@@H](N(C)C(=O)c2ccc(CN3CCCCC3)cc2)[C@H]1O. The number of likely N-dealkylation sites (tertiary alicyclic amines) is 1. The van der Waals surface area contributed by atoms with Crippen LogP contribution in [0.1, 0.15) is 72.7 Å². The zero-order chi connectivity index (χ0) is 21.8. The van der Waals surface area contributed by atoms with Crippen LogP contribution in [-0.4, -0.2) is 62.6 Å². The number of imidazole rings is 1. The molecule has 3 atom stereocenters. The van der Waals surface area contributed by atoms with Crippen molar-refractivity contribution in [3.05, 3.63) is 53.6 Å².